The summed E-state index contributed by atoms with van der Waals surface area (Å²) in [6.07, 6.45) is 0. The summed E-state index contributed by atoms with van der Waals surface area (Å²) in [4.78, 5) is 32.9. The quantitative estimate of drug-likeness (QED) is 0.597. The number of hydrogen-bond donors (Lipinski definition) is 2. The number of nitrogens with one attached hydrogen (secondary N) is 1. The van der Waals surface area contributed by atoms with Crippen LogP contribution in [0.5, 0.6) is 5.75 Å². The lowest BCUT2D eigenvalue weighted by Crippen LogP contribution is -2.20. The lowest BCUT2D eigenvalue weighted by molar-refractivity contribution is -0.385. The van der Waals surface area contributed by atoms with E-state index in [-0.39, 0.29) is 22.0 Å². The predicted molar refractivity (Wildman–Crippen MR) is 85.6 cm³/mol. The largest absolute Gasteiger partial charge is 0.478 e. The molecule has 130 valence electrons. The number of rotatable bonds is 6. The Morgan fingerprint density at radius 3 is 2.60 bits per heavy atom. The highest BCUT2D eigenvalue weighted by atomic mass is 35.5. The molecule has 0 heterocycles. The molecule has 2 N–H and O–H groups in total. The summed E-state index contributed by atoms with van der Waals surface area (Å²) < 4.78 is 18.1. The van der Waals surface area contributed by atoms with E-state index in [1.54, 1.807) is 0 Å². The highest BCUT2D eigenvalue weighted by Crippen LogP contribution is 2.28. The minimum atomic E-state index is -1.30. The van der Waals surface area contributed by atoms with Gasteiger partial charge in [-0.1, -0.05) is 11.6 Å². The molecule has 0 unspecified atom stereocenters. The molecule has 0 aliphatic heterocycles. The fraction of sp³-hybridized carbons (Fsp3) is 0.0667. The SMILES string of the molecule is O=C(COc1cc(C(=O)O)ccc1[N+](=O)[O-])Nc1ccc(F)c(Cl)c1. The first-order valence-electron chi connectivity index (χ1n) is 6.67. The van der Waals surface area contributed by atoms with Gasteiger partial charge in [0.15, 0.2) is 12.4 Å². The number of carboxylic acids is 1. The third kappa shape index (κ3) is 4.64. The van der Waals surface area contributed by atoms with E-state index in [4.69, 9.17) is 21.4 Å². The van der Waals surface area contributed by atoms with E-state index >= 15 is 0 Å². The van der Waals surface area contributed by atoms with Crippen LogP contribution < -0.4 is 10.1 Å². The number of nitro benzene ring substituents is 1. The molecule has 0 aliphatic carbocycles. The number of ether oxygens (including phenoxy) is 1. The Balaban J connectivity index is 2.10. The summed E-state index contributed by atoms with van der Waals surface area (Å²) in [6, 6.07) is 6.47. The van der Waals surface area contributed by atoms with Crippen LogP contribution in [0.3, 0.4) is 0 Å². The van der Waals surface area contributed by atoms with Gasteiger partial charge in [-0.2, -0.15) is 0 Å². The zero-order chi connectivity index (χ0) is 18.6. The summed E-state index contributed by atoms with van der Waals surface area (Å²) in [5.74, 6) is -3.02. The van der Waals surface area contributed by atoms with Gasteiger partial charge < -0.3 is 15.2 Å². The highest BCUT2D eigenvalue weighted by molar-refractivity contribution is 6.31. The molecule has 8 nitrogen and oxygen atoms in total. The third-order valence-electron chi connectivity index (χ3n) is 2.97. The first-order chi connectivity index (χ1) is 11.8. The van der Waals surface area contributed by atoms with Crippen LogP contribution >= 0.6 is 11.6 Å². The second-order valence-electron chi connectivity index (χ2n) is 4.71. The first kappa shape index (κ1) is 18.1. The van der Waals surface area contributed by atoms with Crippen LogP contribution in [0.25, 0.3) is 0 Å². The van der Waals surface area contributed by atoms with E-state index in [2.05, 4.69) is 5.32 Å². The lowest BCUT2D eigenvalue weighted by Gasteiger charge is -2.09. The maximum absolute atomic E-state index is 13.0. The number of benzene rings is 2. The fourth-order valence-corrected chi connectivity index (χ4v) is 2.01. The molecule has 0 saturated heterocycles. The van der Waals surface area contributed by atoms with E-state index < -0.39 is 34.9 Å². The fourth-order valence-electron chi connectivity index (χ4n) is 1.83. The van der Waals surface area contributed by atoms with Crippen molar-refractivity contribution in [3.8, 4) is 5.75 Å². The number of hydrogen-bond acceptors (Lipinski definition) is 5. The number of carboxylic acid groups (broad SMARTS) is 1. The molecule has 10 heteroatoms. The van der Waals surface area contributed by atoms with Gasteiger partial charge in [-0.05, 0) is 24.3 Å². The zero-order valence-electron chi connectivity index (χ0n) is 12.4. The molecule has 2 rings (SSSR count). The van der Waals surface area contributed by atoms with Gasteiger partial charge in [-0.15, -0.1) is 0 Å². The standard InChI is InChI=1S/C15H10ClFN2O6/c16-10-6-9(2-3-11(10)17)18-14(20)7-25-13-5-8(15(21)22)1-4-12(13)19(23)24/h1-6H,7H2,(H,18,20)(H,21,22). The van der Waals surface area contributed by atoms with Gasteiger partial charge in [0.2, 0.25) is 0 Å². The molecule has 0 aliphatic rings. The van der Waals surface area contributed by atoms with Gasteiger partial charge in [0.25, 0.3) is 5.91 Å². The van der Waals surface area contributed by atoms with Crippen LogP contribution in [0, 0.1) is 15.9 Å². The lowest BCUT2D eigenvalue weighted by atomic mass is 10.2. The molecule has 25 heavy (non-hydrogen) atoms. The average Bonchev–Trinajstić information content (AvgIpc) is 2.55. The molecular weight excluding hydrogens is 359 g/mol. The molecule has 0 fully saturated rings. The van der Waals surface area contributed by atoms with Crippen molar-refractivity contribution in [1.29, 1.82) is 0 Å². The van der Waals surface area contributed by atoms with E-state index in [0.717, 1.165) is 24.3 Å². The summed E-state index contributed by atoms with van der Waals surface area (Å²) in [5, 5.41) is 22.0. The number of carbonyl (C=O) groups excluding carboxylic acids is 1. The van der Waals surface area contributed by atoms with Crippen molar-refractivity contribution in [2.45, 2.75) is 0 Å². The van der Waals surface area contributed by atoms with Gasteiger partial charge in [-0.25, -0.2) is 9.18 Å². The van der Waals surface area contributed by atoms with Crippen LogP contribution in [0.1, 0.15) is 10.4 Å². The van der Waals surface area contributed by atoms with Crippen LogP contribution in [0.15, 0.2) is 36.4 Å². The number of nitro groups is 1. The molecule has 0 saturated carbocycles. The van der Waals surface area contributed by atoms with Crippen molar-refractivity contribution in [3.05, 3.63) is 62.9 Å². The minimum absolute atomic E-state index is 0.191. The molecule has 0 spiro atoms. The van der Waals surface area contributed by atoms with Gasteiger partial charge in [0.05, 0.1) is 15.5 Å². The van der Waals surface area contributed by atoms with Gasteiger partial charge >= 0.3 is 11.7 Å². The maximum atomic E-state index is 13.0. The smallest absolute Gasteiger partial charge is 0.335 e. The Hall–Kier alpha value is -3.20. The molecule has 0 atom stereocenters. The van der Waals surface area contributed by atoms with E-state index in [1.807, 2.05) is 0 Å². The topological polar surface area (TPSA) is 119 Å². The zero-order valence-corrected chi connectivity index (χ0v) is 13.1. The Morgan fingerprint density at radius 2 is 2.00 bits per heavy atom. The Bertz CT molecular complexity index is 858. The number of halogens is 2. The van der Waals surface area contributed by atoms with Crippen molar-refractivity contribution in [2.24, 2.45) is 0 Å². The monoisotopic (exact) mass is 368 g/mol. The minimum Gasteiger partial charge on any atom is -0.478 e. The van der Waals surface area contributed by atoms with Gasteiger partial charge in [0.1, 0.15) is 5.82 Å². The Kier molecular flexibility index (Phi) is 5.50. The number of carbonyl (C=O) groups is 2. The summed E-state index contributed by atoms with van der Waals surface area (Å²) in [6.45, 7) is -0.626. The Labute approximate surface area is 144 Å². The van der Waals surface area contributed by atoms with Crippen LogP contribution in [-0.2, 0) is 4.79 Å². The summed E-state index contributed by atoms with van der Waals surface area (Å²) >= 11 is 5.58. The predicted octanol–water partition coefficient (Wildman–Crippen LogP) is 3.10. The number of aromatic carboxylic acids is 1. The molecule has 0 aromatic heterocycles. The third-order valence-corrected chi connectivity index (χ3v) is 3.26. The van der Waals surface area contributed by atoms with Gasteiger partial charge in [-0.3, -0.25) is 14.9 Å². The molecule has 0 radical (unpaired) electrons. The van der Waals surface area contributed by atoms with Crippen LogP contribution in [-0.4, -0.2) is 28.5 Å². The van der Waals surface area contributed by atoms with E-state index in [1.165, 1.54) is 12.1 Å². The molecule has 0 bridgehead atoms. The second kappa shape index (κ2) is 7.58. The molecule has 2 aromatic rings. The first-order valence-corrected chi connectivity index (χ1v) is 7.05. The summed E-state index contributed by atoms with van der Waals surface area (Å²) in [7, 11) is 0. The van der Waals surface area contributed by atoms with Crippen molar-refractivity contribution in [1.82, 2.24) is 0 Å². The average molecular weight is 369 g/mol. The van der Waals surface area contributed by atoms with Crippen LogP contribution in [0.4, 0.5) is 15.8 Å². The normalized spacial score (nSPS) is 10.2. The van der Waals surface area contributed by atoms with Crippen molar-refractivity contribution < 1.29 is 28.7 Å². The maximum Gasteiger partial charge on any atom is 0.335 e. The molecular formula is C15H10ClFN2O6. The number of anilines is 1. The second-order valence-corrected chi connectivity index (χ2v) is 5.12. The van der Waals surface area contributed by atoms with E-state index in [9.17, 15) is 24.1 Å². The molecule has 2 aromatic carbocycles. The number of amides is 1. The van der Waals surface area contributed by atoms with Crippen molar-refractivity contribution >= 4 is 34.9 Å². The van der Waals surface area contributed by atoms with E-state index in [0.29, 0.717) is 0 Å². The number of nitrogens with zero attached hydrogens (tertiary/aromatic N) is 1. The van der Waals surface area contributed by atoms with Gasteiger partial charge in [0, 0.05) is 17.8 Å². The van der Waals surface area contributed by atoms with Crippen LogP contribution in [0.2, 0.25) is 5.02 Å². The molecule has 1 amide bonds. The van der Waals surface area contributed by atoms with Crippen molar-refractivity contribution in [2.75, 3.05) is 11.9 Å². The summed E-state index contributed by atoms with van der Waals surface area (Å²) in [5.41, 5.74) is -0.511. The van der Waals surface area contributed by atoms with Crippen molar-refractivity contribution in [3.63, 3.8) is 0 Å². The Morgan fingerprint density at radius 1 is 1.28 bits per heavy atom. The highest BCUT2D eigenvalue weighted by Gasteiger charge is 2.19.